The first kappa shape index (κ1) is 22.3. The lowest BCUT2D eigenvalue weighted by molar-refractivity contribution is -0.117. The maximum atomic E-state index is 13.0. The van der Waals surface area contributed by atoms with Gasteiger partial charge in [0, 0.05) is 29.5 Å². The van der Waals surface area contributed by atoms with E-state index in [1.165, 1.54) is 0 Å². The molecule has 1 unspecified atom stereocenters. The molecule has 4 aromatic rings. The van der Waals surface area contributed by atoms with Crippen LogP contribution in [0.2, 0.25) is 0 Å². The first-order chi connectivity index (χ1) is 16.7. The van der Waals surface area contributed by atoms with Crippen molar-refractivity contribution in [3.05, 3.63) is 78.6 Å². The number of imidazole rings is 1. The molecule has 0 spiro atoms. The summed E-state index contributed by atoms with van der Waals surface area (Å²) in [6, 6.07) is 23.9. The molecular formula is C27H27N3O3S. The van der Waals surface area contributed by atoms with E-state index in [1.54, 1.807) is 18.9 Å². The standard InChI is InChI=1S/C27H27N3O3S/c1-32-21-10-12-22(13-11-21)33-15-14-29-25-9-4-3-8-24(25)28-27(29)19-16-26(31)30(18-19)20-6-5-7-23(17-20)34-2/h3-13,17,19H,14-16,18H2,1-2H3. The van der Waals surface area contributed by atoms with Gasteiger partial charge in [-0.05, 0) is 60.9 Å². The minimum atomic E-state index is 0.0267. The van der Waals surface area contributed by atoms with Crippen LogP contribution in [0.4, 0.5) is 5.69 Å². The molecule has 1 aliphatic heterocycles. The third kappa shape index (κ3) is 4.48. The summed E-state index contributed by atoms with van der Waals surface area (Å²) in [5, 5.41) is 0. The van der Waals surface area contributed by atoms with Gasteiger partial charge in [0.15, 0.2) is 0 Å². The van der Waals surface area contributed by atoms with Gasteiger partial charge >= 0.3 is 0 Å². The average Bonchev–Trinajstić information content (AvgIpc) is 3.45. The molecule has 0 saturated carbocycles. The van der Waals surface area contributed by atoms with Crippen LogP contribution in [0.1, 0.15) is 18.2 Å². The zero-order valence-electron chi connectivity index (χ0n) is 19.3. The highest BCUT2D eigenvalue weighted by Crippen LogP contribution is 2.34. The number of hydrogen-bond acceptors (Lipinski definition) is 5. The fourth-order valence-electron chi connectivity index (χ4n) is 4.48. The number of thioether (sulfide) groups is 1. The van der Waals surface area contributed by atoms with Gasteiger partial charge in [-0.1, -0.05) is 18.2 Å². The fraction of sp³-hybridized carbons (Fsp3) is 0.259. The summed E-state index contributed by atoms with van der Waals surface area (Å²) in [5.74, 6) is 2.70. The minimum Gasteiger partial charge on any atom is -0.497 e. The van der Waals surface area contributed by atoms with E-state index < -0.39 is 0 Å². The Morgan fingerprint density at radius 2 is 1.82 bits per heavy atom. The molecule has 1 aromatic heterocycles. The lowest BCUT2D eigenvalue weighted by Gasteiger charge is -2.18. The van der Waals surface area contributed by atoms with Crippen molar-refractivity contribution in [1.82, 2.24) is 9.55 Å². The van der Waals surface area contributed by atoms with Gasteiger partial charge < -0.3 is 18.9 Å². The molecule has 2 heterocycles. The Kier molecular flexibility index (Phi) is 6.45. The van der Waals surface area contributed by atoms with Crippen LogP contribution in [0.15, 0.2) is 77.7 Å². The largest absolute Gasteiger partial charge is 0.497 e. The normalized spacial score (nSPS) is 15.8. The highest BCUT2D eigenvalue weighted by atomic mass is 32.2. The quantitative estimate of drug-likeness (QED) is 0.322. The number of hydrogen-bond donors (Lipinski definition) is 0. The first-order valence-corrected chi connectivity index (χ1v) is 12.5. The van der Waals surface area contributed by atoms with Gasteiger partial charge in [-0.15, -0.1) is 11.8 Å². The number of nitrogens with zero attached hydrogens (tertiary/aromatic N) is 3. The highest BCUT2D eigenvalue weighted by molar-refractivity contribution is 7.98. The van der Waals surface area contributed by atoms with Gasteiger partial charge in [-0.3, -0.25) is 4.79 Å². The predicted molar refractivity (Wildman–Crippen MR) is 136 cm³/mol. The smallest absolute Gasteiger partial charge is 0.227 e. The van der Waals surface area contributed by atoms with Crippen LogP contribution in [0.3, 0.4) is 0 Å². The van der Waals surface area contributed by atoms with E-state index in [9.17, 15) is 4.79 Å². The summed E-state index contributed by atoms with van der Waals surface area (Å²) < 4.78 is 13.4. The van der Waals surface area contributed by atoms with Crippen molar-refractivity contribution in [3.8, 4) is 11.5 Å². The highest BCUT2D eigenvalue weighted by Gasteiger charge is 2.34. The van der Waals surface area contributed by atoms with Crippen molar-refractivity contribution in [2.45, 2.75) is 23.8 Å². The molecule has 0 bridgehead atoms. The second kappa shape index (κ2) is 9.81. The van der Waals surface area contributed by atoms with E-state index in [4.69, 9.17) is 14.5 Å². The molecular weight excluding hydrogens is 446 g/mol. The Morgan fingerprint density at radius 3 is 2.62 bits per heavy atom. The summed E-state index contributed by atoms with van der Waals surface area (Å²) in [7, 11) is 1.65. The van der Waals surface area contributed by atoms with Crippen molar-refractivity contribution in [1.29, 1.82) is 0 Å². The third-order valence-electron chi connectivity index (χ3n) is 6.18. The molecule has 3 aromatic carbocycles. The fourth-order valence-corrected chi connectivity index (χ4v) is 4.93. The Labute approximate surface area is 203 Å². The number of para-hydroxylation sites is 2. The Bertz CT molecular complexity index is 1300. The van der Waals surface area contributed by atoms with Crippen LogP contribution in [0.5, 0.6) is 11.5 Å². The second-order valence-electron chi connectivity index (χ2n) is 8.24. The summed E-state index contributed by atoms with van der Waals surface area (Å²) in [5.41, 5.74) is 2.95. The van der Waals surface area contributed by atoms with E-state index in [0.29, 0.717) is 26.1 Å². The number of carbonyl (C=O) groups is 1. The van der Waals surface area contributed by atoms with E-state index in [2.05, 4.69) is 22.8 Å². The molecule has 0 aliphatic carbocycles. The summed E-state index contributed by atoms with van der Waals surface area (Å²) in [6.45, 7) is 1.77. The zero-order valence-corrected chi connectivity index (χ0v) is 20.1. The van der Waals surface area contributed by atoms with Crippen LogP contribution < -0.4 is 14.4 Å². The number of ether oxygens (including phenoxy) is 2. The van der Waals surface area contributed by atoms with E-state index in [0.717, 1.165) is 38.9 Å². The number of anilines is 1. The lowest BCUT2D eigenvalue weighted by Crippen LogP contribution is -2.24. The van der Waals surface area contributed by atoms with Crippen molar-refractivity contribution in [3.63, 3.8) is 0 Å². The van der Waals surface area contributed by atoms with Gasteiger partial charge in [-0.2, -0.15) is 0 Å². The third-order valence-corrected chi connectivity index (χ3v) is 6.91. The molecule has 174 valence electrons. The van der Waals surface area contributed by atoms with Gasteiger partial charge in [0.1, 0.15) is 23.9 Å². The van der Waals surface area contributed by atoms with Crippen LogP contribution in [-0.2, 0) is 11.3 Å². The SMILES string of the molecule is COc1ccc(OCCn2c(C3CC(=O)N(c4cccc(SC)c4)C3)nc3ccccc32)cc1. The molecule has 34 heavy (non-hydrogen) atoms. The Morgan fingerprint density at radius 1 is 1.03 bits per heavy atom. The summed E-state index contributed by atoms with van der Waals surface area (Å²) >= 11 is 1.68. The number of benzene rings is 3. The molecule has 7 heteroatoms. The molecule has 1 atom stereocenters. The van der Waals surface area contributed by atoms with Crippen LogP contribution in [0, 0.1) is 0 Å². The number of aromatic nitrogens is 2. The number of fused-ring (bicyclic) bond motifs is 1. The van der Waals surface area contributed by atoms with E-state index in [1.807, 2.05) is 65.8 Å². The monoisotopic (exact) mass is 473 g/mol. The molecule has 1 aliphatic rings. The molecule has 0 radical (unpaired) electrons. The van der Waals surface area contributed by atoms with E-state index in [-0.39, 0.29) is 11.8 Å². The van der Waals surface area contributed by atoms with Crippen LogP contribution >= 0.6 is 11.8 Å². The number of rotatable bonds is 8. The lowest BCUT2D eigenvalue weighted by atomic mass is 10.1. The molecule has 1 amide bonds. The van der Waals surface area contributed by atoms with Gasteiger partial charge in [0.05, 0.1) is 24.7 Å². The maximum Gasteiger partial charge on any atom is 0.227 e. The molecule has 1 saturated heterocycles. The van der Waals surface area contributed by atoms with Crippen molar-refractivity contribution in [2.24, 2.45) is 0 Å². The zero-order chi connectivity index (χ0) is 23.5. The second-order valence-corrected chi connectivity index (χ2v) is 9.12. The number of carbonyl (C=O) groups excluding carboxylic acids is 1. The summed E-state index contributed by atoms with van der Waals surface area (Å²) in [6.07, 6.45) is 2.50. The van der Waals surface area contributed by atoms with Crippen LogP contribution in [-0.4, -0.2) is 42.0 Å². The Balaban J connectivity index is 1.37. The van der Waals surface area contributed by atoms with Crippen molar-refractivity contribution in [2.75, 3.05) is 31.4 Å². The maximum absolute atomic E-state index is 13.0. The predicted octanol–water partition coefficient (Wildman–Crippen LogP) is 5.37. The number of methoxy groups -OCH3 is 1. The van der Waals surface area contributed by atoms with E-state index >= 15 is 0 Å². The van der Waals surface area contributed by atoms with Crippen molar-refractivity contribution < 1.29 is 14.3 Å². The van der Waals surface area contributed by atoms with Crippen LogP contribution in [0.25, 0.3) is 11.0 Å². The topological polar surface area (TPSA) is 56.6 Å². The first-order valence-electron chi connectivity index (χ1n) is 11.3. The molecule has 6 nitrogen and oxygen atoms in total. The molecule has 5 rings (SSSR count). The summed E-state index contributed by atoms with van der Waals surface area (Å²) in [4.78, 5) is 21.0. The van der Waals surface area contributed by atoms with Gasteiger partial charge in [-0.25, -0.2) is 4.98 Å². The average molecular weight is 474 g/mol. The number of amides is 1. The Hall–Kier alpha value is -3.45. The van der Waals surface area contributed by atoms with Crippen molar-refractivity contribution >= 4 is 34.4 Å². The molecule has 0 N–H and O–H groups in total. The van der Waals surface area contributed by atoms with Gasteiger partial charge in [0.25, 0.3) is 0 Å². The molecule has 1 fully saturated rings. The van der Waals surface area contributed by atoms with Gasteiger partial charge in [0.2, 0.25) is 5.91 Å². The minimum absolute atomic E-state index is 0.0267.